The Morgan fingerprint density at radius 2 is 2.30 bits per heavy atom. The van der Waals surface area contributed by atoms with E-state index in [1.807, 2.05) is 32.3 Å². The molecule has 0 unspecified atom stereocenters. The zero-order valence-corrected chi connectivity index (χ0v) is 14.1. The summed E-state index contributed by atoms with van der Waals surface area (Å²) in [6.07, 6.45) is 7.82. The average molecular weight is 311 g/mol. The molecule has 2 rings (SSSR count). The number of piperidine rings is 1. The third kappa shape index (κ3) is 5.67. The summed E-state index contributed by atoms with van der Waals surface area (Å²) in [6, 6.07) is 6.65. The Morgan fingerprint density at radius 3 is 3.04 bits per heavy atom. The zero-order valence-electron chi connectivity index (χ0n) is 14.1. The second-order valence-electron chi connectivity index (χ2n) is 6.34. The molecule has 1 fully saturated rings. The van der Waals surface area contributed by atoms with Gasteiger partial charge in [0, 0.05) is 18.4 Å². The molecule has 4 nitrogen and oxygen atoms in total. The van der Waals surface area contributed by atoms with Crippen LogP contribution in [0.5, 0.6) is 0 Å². The maximum atomic E-state index is 8.57. The zero-order chi connectivity index (χ0) is 16.5. The van der Waals surface area contributed by atoms with Gasteiger partial charge in [-0.15, -0.1) is 0 Å². The van der Waals surface area contributed by atoms with Crippen LogP contribution in [0.2, 0.25) is 0 Å². The summed E-state index contributed by atoms with van der Waals surface area (Å²) in [5.74, 6) is 6.47. The first kappa shape index (κ1) is 17.5. The Hall–Kier alpha value is -1.88. The van der Waals surface area contributed by atoms with E-state index < -0.39 is 5.60 Å². The third-order valence-electron chi connectivity index (χ3n) is 4.03. The maximum Gasteiger partial charge on any atom is 0.123 e. The summed E-state index contributed by atoms with van der Waals surface area (Å²) < 4.78 is 5.65. The predicted molar refractivity (Wildman–Crippen MR) is 90.4 cm³/mol. The van der Waals surface area contributed by atoms with Gasteiger partial charge in [-0.25, -0.2) is 0 Å². The lowest BCUT2D eigenvalue weighted by Gasteiger charge is -2.34. The first-order valence-electron chi connectivity index (χ1n) is 8.27. The van der Waals surface area contributed by atoms with E-state index in [4.69, 9.17) is 10.00 Å². The van der Waals surface area contributed by atoms with Gasteiger partial charge >= 0.3 is 0 Å². The van der Waals surface area contributed by atoms with Crippen molar-refractivity contribution < 1.29 is 4.74 Å². The minimum absolute atomic E-state index is 0.403. The second-order valence-corrected chi connectivity index (χ2v) is 6.34. The molecule has 4 heteroatoms. The van der Waals surface area contributed by atoms with Crippen molar-refractivity contribution in [2.45, 2.75) is 51.2 Å². The van der Waals surface area contributed by atoms with Crippen LogP contribution in [0.15, 0.2) is 24.5 Å². The molecule has 0 spiro atoms. The monoisotopic (exact) mass is 311 g/mol. The quantitative estimate of drug-likeness (QED) is 0.618. The number of rotatable bonds is 5. The van der Waals surface area contributed by atoms with Crippen molar-refractivity contribution in [3.05, 3.63) is 30.1 Å². The fourth-order valence-electron chi connectivity index (χ4n) is 2.87. The van der Waals surface area contributed by atoms with Crippen LogP contribution in [0.3, 0.4) is 0 Å². The van der Waals surface area contributed by atoms with Gasteiger partial charge in [0.05, 0.1) is 25.6 Å². The molecule has 2 heterocycles. The van der Waals surface area contributed by atoms with Crippen molar-refractivity contribution in [3.63, 3.8) is 0 Å². The van der Waals surface area contributed by atoms with Gasteiger partial charge in [0.15, 0.2) is 0 Å². The molecule has 1 atom stereocenters. The van der Waals surface area contributed by atoms with E-state index in [9.17, 15) is 0 Å². The average Bonchev–Trinajstić information content (AvgIpc) is 2.56. The highest BCUT2D eigenvalue weighted by molar-refractivity contribution is 5.17. The number of hydrogen-bond acceptors (Lipinski definition) is 4. The van der Waals surface area contributed by atoms with Crippen molar-refractivity contribution in [1.29, 1.82) is 5.26 Å². The van der Waals surface area contributed by atoms with E-state index in [1.165, 1.54) is 18.4 Å². The van der Waals surface area contributed by atoms with E-state index in [2.05, 4.69) is 33.9 Å². The molecule has 0 saturated carbocycles. The molecule has 1 aromatic rings. The lowest BCUT2D eigenvalue weighted by molar-refractivity contribution is 0.0305. The van der Waals surface area contributed by atoms with Crippen LogP contribution < -0.4 is 0 Å². The second kappa shape index (κ2) is 8.67. The van der Waals surface area contributed by atoms with Crippen LogP contribution in [-0.4, -0.2) is 35.2 Å². The molecular weight excluding hydrogens is 286 g/mol. The summed E-state index contributed by atoms with van der Waals surface area (Å²) in [7, 11) is 0. The van der Waals surface area contributed by atoms with E-state index >= 15 is 0 Å². The Balaban J connectivity index is 1.95. The standard InChI is InChI=1S/C19H25N3O/c1-19(2,23-15-7-11-20)10-6-14-22-13-4-3-9-18(22)17-8-5-12-21-16-17/h5,8,12,16,18H,3-4,7,9,13-15H2,1-2H3/t18-/m1/s1. The Kier molecular flexibility index (Phi) is 6.59. The molecule has 1 saturated heterocycles. The highest BCUT2D eigenvalue weighted by atomic mass is 16.5. The molecule has 0 aliphatic carbocycles. The fraction of sp³-hybridized carbons (Fsp3) is 0.579. The van der Waals surface area contributed by atoms with Crippen molar-refractivity contribution >= 4 is 0 Å². The molecule has 0 radical (unpaired) electrons. The Morgan fingerprint density at radius 1 is 1.43 bits per heavy atom. The first-order chi connectivity index (χ1) is 11.1. The minimum Gasteiger partial charge on any atom is -0.362 e. The van der Waals surface area contributed by atoms with Crippen molar-refractivity contribution in [2.75, 3.05) is 19.7 Å². The molecule has 1 aromatic heterocycles. The molecule has 0 amide bonds. The number of nitriles is 1. The first-order valence-corrected chi connectivity index (χ1v) is 8.27. The summed E-state index contributed by atoms with van der Waals surface area (Å²) in [5, 5.41) is 8.57. The number of nitrogens with zero attached hydrogens (tertiary/aromatic N) is 3. The largest absolute Gasteiger partial charge is 0.362 e. The van der Waals surface area contributed by atoms with Crippen LogP contribution in [0.1, 0.15) is 51.1 Å². The number of hydrogen-bond donors (Lipinski definition) is 0. The topological polar surface area (TPSA) is 49.2 Å². The van der Waals surface area contributed by atoms with Gasteiger partial charge in [0.1, 0.15) is 5.60 Å². The summed E-state index contributed by atoms with van der Waals surface area (Å²) in [6.45, 7) is 6.15. The molecule has 0 bridgehead atoms. The van der Waals surface area contributed by atoms with Crippen LogP contribution in [0.4, 0.5) is 0 Å². The van der Waals surface area contributed by atoms with Crippen molar-refractivity contribution in [2.24, 2.45) is 0 Å². The number of ether oxygens (including phenoxy) is 1. The van der Waals surface area contributed by atoms with Gasteiger partial charge in [-0.1, -0.05) is 24.3 Å². The SMILES string of the molecule is CC(C)(C#CCN1CCCC[C@@H]1c1cccnc1)OCCC#N. The fourth-order valence-corrected chi connectivity index (χ4v) is 2.87. The summed E-state index contributed by atoms with van der Waals surface area (Å²) in [5.41, 5.74) is 0.773. The molecule has 122 valence electrons. The van der Waals surface area contributed by atoms with E-state index in [0.29, 0.717) is 19.1 Å². The molecule has 23 heavy (non-hydrogen) atoms. The number of aromatic nitrogens is 1. The van der Waals surface area contributed by atoms with Crippen molar-refractivity contribution in [1.82, 2.24) is 9.88 Å². The molecular formula is C19H25N3O. The van der Waals surface area contributed by atoms with Crippen LogP contribution in [-0.2, 0) is 4.74 Å². The summed E-state index contributed by atoms with van der Waals surface area (Å²) in [4.78, 5) is 6.68. The van der Waals surface area contributed by atoms with E-state index in [1.54, 1.807) is 0 Å². The summed E-state index contributed by atoms with van der Waals surface area (Å²) >= 11 is 0. The lowest BCUT2D eigenvalue weighted by atomic mass is 9.96. The van der Waals surface area contributed by atoms with E-state index in [-0.39, 0.29) is 0 Å². The number of likely N-dealkylation sites (tertiary alicyclic amines) is 1. The molecule has 0 N–H and O–H groups in total. The molecule has 1 aliphatic heterocycles. The van der Waals surface area contributed by atoms with Crippen LogP contribution in [0, 0.1) is 23.2 Å². The Bertz CT molecular complexity index is 580. The maximum absolute atomic E-state index is 8.57. The third-order valence-corrected chi connectivity index (χ3v) is 4.03. The van der Waals surface area contributed by atoms with Gasteiger partial charge in [-0.05, 0) is 44.9 Å². The van der Waals surface area contributed by atoms with Gasteiger partial charge in [-0.3, -0.25) is 9.88 Å². The van der Waals surface area contributed by atoms with Gasteiger partial charge in [0.2, 0.25) is 0 Å². The molecule has 0 aromatic carbocycles. The minimum atomic E-state index is -0.504. The van der Waals surface area contributed by atoms with E-state index in [0.717, 1.165) is 19.5 Å². The normalized spacial score (nSPS) is 18.7. The highest BCUT2D eigenvalue weighted by Crippen LogP contribution is 2.29. The predicted octanol–water partition coefficient (Wildman–Crippen LogP) is 3.32. The highest BCUT2D eigenvalue weighted by Gasteiger charge is 2.23. The molecule has 1 aliphatic rings. The van der Waals surface area contributed by atoms with Gasteiger partial charge in [-0.2, -0.15) is 5.26 Å². The number of pyridine rings is 1. The van der Waals surface area contributed by atoms with Crippen LogP contribution >= 0.6 is 0 Å². The Labute approximate surface area is 139 Å². The lowest BCUT2D eigenvalue weighted by Crippen LogP contribution is -2.34. The van der Waals surface area contributed by atoms with Crippen molar-refractivity contribution in [3.8, 4) is 17.9 Å². The van der Waals surface area contributed by atoms with Gasteiger partial charge < -0.3 is 4.74 Å². The van der Waals surface area contributed by atoms with Gasteiger partial charge in [0.25, 0.3) is 0 Å². The van der Waals surface area contributed by atoms with Crippen LogP contribution in [0.25, 0.3) is 0 Å². The smallest absolute Gasteiger partial charge is 0.123 e.